The zero-order chi connectivity index (χ0) is 9.56. The Morgan fingerprint density at radius 2 is 2.08 bits per heavy atom. The molecule has 0 atom stereocenters. The number of rotatable bonds is 3. The summed E-state index contributed by atoms with van der Waals surface area (Å²) in [4.78, 5) is 8.48. The van der Waals surface area contributed by atoms with E-state index in [1.54, 1.807) is 13.1 Å². The molecule has 0 spiro atoms. The molecule has 0 aromatic rings. The number of allylic oxidation sites excluding steroid dienone is 1. The summed E-state index contributed by atoms with van der Waals surface area (Å²) in [7, 11) is 1.77. The first kappa shape index (κ1) is 11.1. The molecule has 0 aliphatic heterocycles. The largest absolute Gasteiger partial charge is 0.274 e. The Morgan fingerprint density at radius 1 is 1.50 bits per heavy atom. The van der Waals surface area contributed by atoms with Gasteiger partial charge >= 0.3 is 0 Å². The maximum absolute atomic E-state index is 4.38. The standard InChI is InChI=1S/C10H18N2/c1-6-9(7-2)12-10(11-5)8(3)4/h6,8H,1,7H2,2-5H3. The second-order valence-electron chi connectivity index (χ2n) is 2.90. The molecule has 0 radical (unpaired) electrons. The Hall–Kier alpha value is -0.920. The number of aliphatic imine (C=N–C) groups is 2. The van der Waals surface area contributed by atoms with Gasteiger partial charge in [0.1, 0.15) is 5.84 Å². The summed E-state index contributed by atoms with van der Waals surface area (Å²) >= 11 is 0. The molecule has 0 fully saturated rings. The molecule has 0 saturated carbocycles. The molecule has 0 aliphatic rings. The maximum atomic E-state index is 4.38. The van der Waals surface area contributed by atoms with Crippen LogP contribution in [0.4, 0.5) is 0 Å². The molecule has 0 N–H and O–H groups in total. The minimum Gasteiger partial charge on any atom is -0.274 e. The Morgan fingerprint density at radius 3 is 2.33 bits per heavy atom. The van der Waals surface area contributed by atoms with Crippen LogP contribution in [-0.4, -0.2) is 18.6 Å². The molecule has 0 aromatic carbocycles. The summed E-state index contributed by atoms with van der Waals surface area (Å²) in [5, 5.41) is 0. The first-order valence-corrected chi connectivity index (χ1v) is 4.32. The molecule has 0 amide bonds. The van der Waals surface area contributed by atoms with Gasteiger partial charge in [0.15, 0.2) is 0 Å². The lowest BCUT2D eigenvalue weighted by Crippen LogP contribution is -2.07. The third-order valence-electron chi connectivity index (χ3n) is 1.60. The van der Waals surface area contributed by atoms with E-state index >= 15 is 0 Å². The van der Waals surface area contributed by atoms with Gasteiger partial charge < -0.3 is 0 Å². The number of nitrogens with zero attached hydrogens (tertiary/aromatic N) is 2. The molecule has 0 rings (SSSR count). The lowest BCUT2D eigenvalue weighted by atomic mass is 10.2. The van der Waals surface area contributed by atoms with Gasteiger partial charge in [0, 0.05) is 18.7 Å². The van der Waals surface area contributed by atoms with Crippen molar-refractivity contribution in [1.82, 2.24) is 0 Å². The van der Waals surface area contributed by atoms with Crippen molar-refractivity contribution >= 4 is 11.5 Å². The molecule has 0 heterocycles. The van der Waals surface area contributed by atoms with Crippen LogP contribution in [0.25, 0.3) is 0 Å². The smallest absolute Gasteiger partial charge is 0.125 e. The third kappa shape index (κ3) is 3.46. The van der Waals surface area contributed by atoms with Gasteiger partial charge in [-0.05, 0) is 12.5 Å². The van der Waals surface area contributed by atoms with Crippen molar-refractivity contribution in [1.29, 1.82) is 0 Å². The summed E-state index contributed by atoms with van der Waals surface area (Å²) in [5.74, 6) is 1.28. The van der Waals surface area contributed by atoms with Crippen LogP contribution < -0.4 is 0 Å². The normalized spacial score (nSPS) is 13.8. The van der Waals surface area contributed by atoms with Crippen molar-refractivity contribution in [2.75, 3.05) is 7.05 Å². The summed E-state index contributed by atoms with van der Waals surface area (Å²) in [6.45, 7) is 9.93. The summed E-state index contributed by atoms with van der Waals surface area (Å²) < 4.78 is 0. The first-order chi connectivity index (χ1) is 5.65. The highest BCUT2D eigenvalue weighted by molar-refractivity contribution is 6.03. The second kappa shape index (κ2) is 5.70. The molecule has 68 valence electrons. The fourth-order valence-corrected chi connectivity index (χ4v) is 0.853. The molecule has 12 heavy (non-hydrogen) atoms. The van der Waals surface area contributed by atoms with E-state index in [-0.39, 0.29) is 0 Å². The van der Waals surface area contributed by atoms with Crippen LogP contribution in [0.1, 0.15) is 27.2 Å². The molecule has 0 unspecified atom stereocenters. The molecule has 2 heteroatoms. The third-order valence-corrected chi connectivity index (χ3v) is 1.60. The minimum atomic E-state index is 0.386. The van der Waals surface area contributed by atoms with Gasteiger partial charge in [-0.15, -0.1) is 0 Å². The van der Waals surface area contributed by atoms with Gasteiger partial charge in [-0.25, -0.2) is 4.99 Å². The lowest BCUT2D eigenvalue weighted by molar-refractivity contribution is 0.869. The van der Waals surface area contributed by atoms with Gasteiger partial charge in [-0.3, -0.25) is 4.99 Å². The lowest BCUT2D eigenvalue weighted by Gasteiger charge is -2.04. The Bertz CT molecular complexity index is 200. The number of amidine groups is 1. The number of hydrogen-bond acceptors (Lipinski definition) is 1. The highest BCUT2D eigenvalue weighted by Crippen LogP contribution is 2.00. The van der Waals surface area contributed by atoms with Crippen molar-refractivity contribution in [2.45, 2.75) is 27.2 Å². The van der Waals surface area contributed by atoms with E-state index in [0.29, 0.717) is 5.92 Å². The van der Waals surface area contributed by atoms with E-state index in [1.807, 2.05) is 0 Å². The Kier molecular flexibility index (Phi) is 5.26. The topological polar surface area (TPSA) is 24.7 Å². The van der Waals surface area contributed by atoms with E-state index < -0.39 is 0 Å². The Balaban J connectivity index is 4.56. The SMILES string of the molecule is C=CC(CC)=NC(=NC)C(C)C. The van der Waals surface area contributed by atoms with Crippen molar-refractivity contribution in [3.8, 4) is 0 Å². The number of hydrogen-bond donors (Lipinski definition) is 0. The van der Waals surface area contributed by atoms with Crippen LogP contribution in [0.3, 0.4) is 0 Å². The van der Waals surface area contributed by atoms with Gasteiger partial charge in [0.2, 0.25) is 0 Å². The van der Waals surface area contributed by atoms with Gasteiger partial charge in [-0.2, -0.15) is 0 Å². The van der Waals surface area contributed by atoms with E-state index in [9.17, 15) is 0 Å². The van der Waals surface area contributed by atoms with Crippen molar-refractivity contribution in [3.63, 3.8) is 0 Å². The Labute approximate surface area is 75.1 Å². The molecular formula is C10H18N2. The second-order valence-corrected chi connectivity index (χ2v) is 2.90. The quantitative estimate of drug-likeness (QED) is 0.455. The van der Waals surface area contributed by atoms with Crippen LogP contribution >= 0.6 is 0 Å². The first-order valence-electron chi connectivity index (χ1n) is 4.32. The van der Waals surface area contributed by atoms with Crippen molar-refractivity contribution in [3.05, 3.63) is 12.7 Å². The predicted molar refractivity (Wildman–Crippen MR) is 56.1 cm³/mol. The van der Waals surface area contributed by atoms with Crippen LogP contribution in [0, 0.1) is 5.92 Å². The van der Waals surface area contributed by atoms with Crippen LogP contribution in [-0.2, 0) is 0 Å². The molecule has 0 bridgehead atoms. The zero-order valence-corrected chi connectivity index (χ0v) is 8.46. The van der Waals surface area contributed by atoms with Crippen LogP contribution in [0.5, 0.6) is 0 Å². The maximum Gasteiger partial charge on any atom is 0.125 e. The highest BCUT2D eigenvalue weighted by Gasteiger charge is 2.01. The van der Waals surface area contributed by atoms with Gasteiger partial charge in [-0.1, -0.05) is 27.4 Å². The van der Waals surface area contributed by atoms with E-state index in [2.05, 4.69) is 37.3 Å². The van der Waals surface area contributed by atoms with Crippen molar-refractivity contribution in [2.24, 2.45) is 15.9 Å². The average molecular weight is 166 g/mol. The van der Waals surface area contributed by atoms with Gasteiger partial charge in [0.25, 0.3) is 0 Å². The van der Waals surface area contributed by atoms with E-state index in [0.717, 1.165) is 18.0 Å². The summed E-state index contributed by atoms with van der Waals surface area (Å²) in [5.41, 5.74) is 1.00. The fraction of sp³-hybridized carbons (Fsp3) is 0.600. The van der Waals surface area contributed by atoms with Crippen LogP contribution in [0.15, 0.2) is 22.6 Å². The predicted octanol–water partition coefficient (Wildman–Crippen LogP) is 2.71. The van der Waals surface area contributed by atoms with Crippen molar-refractivity contribution < 1.29 is 0 Å². The van der Waals surface area contributed by atoms with Crippen LogP contribution in [0.2, 0.25) is 0 Å². The average Bonchev–Trinajstić information content (AvgIpc) is 2.06. The van der Waals surface area contributed by atoms with E-state index in [1.165, 1.54) is 0 Å². The highest BCUT2D eigenvalue weighted by atomic mass is 14.9. The molecular weight excluding hydrogens is 148 g/mol. The molecule has 0 aromatic heterocycles. The summed E-state index contributed by atoms with van der Waals surface area (Å²) in [6, 6.07) is 0. The molecule has 0 saturated heterocycles. The van der Waals surface area contributed by atoms with E-state index in [4.69, 9.17) is 0 Å². The monoisotopic (exact) mass is 166 g/mol. The molecule has 0 aliphatic carbocycles. The fourth-order valence-electron chi connectivity index (χ4n) is 0.853. The zero-order valence-electron chi connectivity index (χ0n) is 8.46. The van der Waals surface area contributed by atoms with Gasteiger partial charge in [0.05, 0.1) is 0 Å². The minimum absolute atomic E-state index is 0.386. The summed E-state index contributed by atoms with van der Waals surface area (Å²) in [6.07, 6.45) is 2.70. The molecule has 2 nitrogen and oxygen atoms in total.